The van der Waals surface area contributed by atoms with E-state index >= 15 is 0 Å². The molecule has 0 aliphatic rings. The Morgan fingerprint density at radius 2 is 1.08 bits per heavy atom. The summed E-state index contributed by atoms with van der Waals surface area (Å²) in [7, 11) is 0. The summed E-state index contributed by atoms with van der Waals surface area (Å²) in [5.74, 6) is 0.833. The van der Waals surface area contributed by atoms with Gasteiger partial charge in [-0.1, -0.05) is 72.8 Å². The second kappa shape index (κ2) is 42.4. The summed E-state index contributed by atoms with van der Waals surface area (Å²) in [5.41, 5.74) is 18.5. The molecule has 0 radical (unpaired) electrons. The summed E-state index contributed by atoms with van der Waals surface area (Å²) in [6.07, 6.45) is 5.79. The minimum Gasteiger partial charge on any atom is -0.471 e. The van der Waals surface area contributed by atoms with Gasteiger partial charge in [0.25, 0.3) is 0 Å². The van der Waals surface area contributed by atoms with E-state index in [2.05, 4.69) is 80.8 Å². The molecular formula is C61H83Cl2N13O13. The maximum absolute atomic E-state index is 13.4. The Balaban J connectivity index is 0.772. The molecule has 3 aromatic carbocycles. The van der Waals surface area contributed by atoms with Crippen molar-refractivity contribution in [3.05, 3.63) is 125 Å². The van der Waals surface area contributed by atoms with Crippen molar-refractivity contribution in [2.24, 2.45) is 0 Å². The van der Waals surface area contributed by atoms with Crippen molar-refractivity contribution in [3.63, 3.8) is 0 Å². The van der Waals surface area contributed by atoms with Gasteiger partial charge in [0.05, 0.1) is 105 Å². The molecule has 3 heterocycles. The number of hydrogen-bond donors (Lipinski definition) is 8. The molecule has 89 heavy (non-hydrogen) atoms. The van der Waals surface area contributed by atoms with Crippen molar-refractivity contribution in [1.29, 1.82) is 0 Å². The molecule has 28 heteroatoms. The zero-order valence-corrected chi connectivity index (χ0v) is 51.6. The molecule has 0 saturated heterocycles. The number of anilines is 2. The molecule has 0 fully saturated rings. The number of nitrogens with two attached hydrogens (primary N) is 2. The standard InChI is InChI=1S/C61H83Cl2N13O13/c62-19-16-50(17-20-63)49-14-12-44(13-15-49)2-1-3-53(77)73-51(57(79)67-23-26-82-29-32-84-33-30-83-27-24-68-60(80)70-39-45-4-6-48(7-5-45)42-89-61-69-21-18-52(64)74-61)38-54(78)66-22-25-81-28-31-85-34-35-86-36-37-87-40-46-8-10-47(11-9-46)41-88-58-55-56(72-43-71-55)75-59(65)76-58/h4-15,18,21,43,50-51H,1-3,16-17,19-20,22-42H2,(H,66,78)(H,67,79)(H,73,77)(H2,64,69,74)(H2,68,70,80)(H3,65,71,72,75,76). The Morgan fingerprint density at radius 3 is 1.69 bits per heavy atom. The molecule has 1 unspecified atom stereocenters. The Bertz CT molecular complexity index is 2970. The molecule has 0 aliphatic heterocycles. The van der Waals surface area contributed by atoms with Crippen LogP contribution in [0.25, 0.3) is 11.2 Å². The molecule has 1 atom stereocenters. The van der Waals surface area contributed by atoms with Crippen LogP contribution in [-0.2, 0) is 80.3 Å². The Labute approximate surface area is 528 Å². The van der Waals surface area contributed by atoms with E-state index in [9.17, 15) is 19.2 Å². The number of nitrogens with zero attached hydrogens (tertiary/aromatic N) is 5. The van der Waals surface area contributed by atoms with Crippen molar-refractivity contribution in [3.8, 4) is 11.9 Å². The average molecular weight is 1280 g/mol. The molecule has 3 aromatic heterocycles. The van der Waals surface area contributed by atoms with Crippen LogP contribution in [0.15, 0.2) is 91.4 Å². The minimum absolute atomic E-state index is 0.0986. The molecule has 5 amide bonds. The van der Waals surface area contributed by atoms with Gasteiger partial charge in [-0.05, 0) is 71.0 Å². The highest BCUT2D eigenvalue weighted by Crippen LogP contribution is 2.26. The van der Waals surface area contributed by atoms with Crippen LogP contribution in [0.4, 0.5) is 16.6 Å². The number of nitrogens with one attached hydrogen (secondary N) is 6. The normalized spacial score (nSPS) is 11.6. The number of nitrogen functional groups attached to an aromatic ring is 2. The number of aryl methyl sites for hydroxylation is 1. The highest BCUT2D eigenvalue weighted by atomic mass is 35.5. The van der Waals surface area contributed by atoms with Crippen molar-refractivity contribution >= 4 is 69.9 Å². The molecule has 0 aliphatic carbocycles. The molecule has 6 rings (SSSR count). The van der Waals surface area contributed by atoms with E-state index in [1.807, 2.05) is 48.5 Å². The van der Waals surface area contributed by atoms with Crippen molar-refractivity contribution in [1.82, 2.24) is 56.5 Å². The number of amides is 5. The third-order valence-corrected chi connectivity index (χ3v) is 13.6. The number of H-pyrrole nitrogens is 1. The number of urea groups is 1. The number of fused-ring (bicyclic) bond motifs is 1. The van der Waals surface area contributed by atoms with E-state index in [0.717, 1.165) is 40.7 Å². The number of imidazole rings is 1. The van der Waals surface area contributed by atoms with Crippen LogP contribution in [0.1, 0.15) is 71.4 Å². The van der Waals surface area contributed by atoms with Crippen molar-refractivity contribution in [2.45, 2.75) is 76.9 Å². The molecule has 10 N–H and O–H groups in total. The van der Waals surface area contributed by atoms with E-state index < -0.39 is 17.9 Å². The lowest BCUT2D eigenvalue weighted by Crippen LogP contribution is -2.49. The predicted octanol–water partition coefficient (Wildman–Crippen LogP) is 5.05. The molecule has 0 saturated carbocycles. The lowest BCUT2D eigenvalue weighted by molar-refractivity contribution is -0.132. The van der Waals surface area contributed by atoms with Crippen LogP contribution in [-0.4, -0.2) is 177 Å². The number of aromatic nitrogens is 6. The van der Waals surface area contributed by atoms with Gasteiger partial charge in [0.1, 0.15) is 25.1 Å². The van der Waals surface area contributed by atoms with Crippen LogP contribution < -0.4 is 47.5 Å². The second-order valence-electron chi connectivity index (χ2n) is 20.0. The number of rotatable bonds is 47. The number of carbonyl (C=O) groups excluding carboxylic acids is 4. The Morgan fingerprint density at radius 1 is 0.539 bits per heavy atom. The maximum Gasteiger partial charge on any atom is 0.318 e. The fourth-order valence-electron chi connectivity index (χ4n) is 8.52. The maximum atomic E-state index is 13.4. The molecule has 0 spiro atoms. The van der Waals surface area contributed by atoms with Gasteiger partial charge >= 0.3 is 12.0 Å². The van der Waals surface area contributed by atoms with E-state index in [-0.39, 0.29) is 95.4 Å². The highest BCUT2D eigenvalue weighted by molar-refractivity contribution is 6.18. The topological polar surface area (TPSA) is 344 Å². The molecule has 26 nitrogen and oxygen atoms in total. The van der Waals surface area contributed by atoms with Gasteiger partial charge < -0.3 is 85.7 Å². The Hall–Kier alpha value is -7.53. The first-order valence-electron chi connectivity index (χ1n) is 29.6. The van der Waals surface area contributed by atoms with Gasteiger partial charge in [0, 0.05) is 50.6 Å². The first-order valence-corrected chi connectivity index (χ1v) is 30.7. The average Bonchev–Trinajstić information content (AvgIpc) is 2.60. The van der Waals surface area contributed by atoms with E-state index in [4.69, 9.17) is 77.3 Å². The van der Waals surface area contributed by atoms with Crippen LogP contribution in [0.2, 0.25) is 0 Å². The van der Waals surface area contributed by atoms with Gasteiger partial charge in [-0.2, -0.15) is 15.0 Å². The van der Waals surface area contributed by atoms with Gasteiger partial charge in [-0.15, -0.1) is 23.2 Å². The monoisotopic (exact) mass is 1280 g/mol. The zero-order chi connectivity index (χ0) is 62.9. The number of aromatic amines is 1. The number of benzene rings is 3. The third kappa shape index (κ3) is 29.1. The van der Waals surface area contributed by atoms with E-state index in [0.29, 0.717) is 127 Å². The van der Waals surface area contributed by atoms with Crippen molar-refractivity contribution in [2.75, 3.05) is 129 Å². The van der Waals surface area contributed by atoms with Crippen molar-refractivity contribution < 1.29 is 61.8 Å². The Kier molecular flexibility index (Phi) is 33.6. The number of carbonyl (C=O) groups is 4. The summed E-state index contributed by atoms with van der Waals surface area (Å²) >= 11 is 12.0. The lowest BCUT2D eigenvalue weighted by Gasteiger charge is -2.19. The first-order chi connectivity index (χ1) is 43.5. The van der Waals surface area contributed by atoms with Crippen LogP contribution in [0.5, 0.6) is 11.9 Å². The SMILES string of the molecule is Nc1ccnc(OCc2ccc(CNC(=O)NCCOCCOCCOCCNC(=O)C(CC(=O)NCCOCCOCCOCCOCc3ccc(COc4nc(N)nc5[nH]cnc45)cc3)NC(=O)CCCc3ccc(C(CCCl)CCCl)cc3)cc2)n1. The summed E-state index contributed by atoms with van der Waals surface area (Å²) in [4.78, 5) is 75.2. The van der Waals surface area contributed by atoms with Gasteiger partial charge in [0.2, 0.25) is 29.5 Å². The van der Waals surface area contributed by atoms with Gasteiger partial charge in [-0.3, -0.25) is 14.4 Å². The largest absolute Gasteiger partial charge is 0.471 e. The lowest BCUT2D eigenvalue weighted by atomic mass is 9.92. The predicted molar refractivity (Wildman–Crippen MR) is 334 cm³/mol. The van der Waals surface area contributed by atoms with Crippen LogP contribution in [0.3, 0.4) is 0 Å². The number of halogens is 2. The summed E-state index contributed by atoms with van der Waals surface area (Å²) in [6, 6.07) is 24.0. The number of hydrogen-bond acceptors (Lipinski definition) is 20. The van der Waals surface area contributed by atoms with Crippen LogP contribution >= 0.6 is 23.2 Å². The van der Waals surface area contributed by atoms with Crippen LogP contribution in [0, 0.1) is 0 Å². The quantitative estimate of drug-likeness (QED) is 0.0183. The summed E-state index contributed by atoms with van der Waals surface area (Å²) in [5, 5.41) is 13.9. The number of ether oxygens (including phenoxy) is 9. The van der Waals surface area contributed by atoms with E-state index in [1.165, 1.54) is 18.1 Å². The number of alkyl halides is 2. The minimum atomic E-state index is -1.12. The highest BCUT2D eigenvalue weighted by Gasteiger charge is 2.24. The van der Waals surface area contributed by atoms with E-state index in [1.54, 1.807) is 6.07 Å². The molecular weight excluding hydrogens is 1190 g/mol. The fraction of sp³-hybridized carbons (Fsp3) is 0.492. The first kappa shape index (κ1) is 70.6. The third-order valence-electron chi connectivity index (χ3n) is 13.2. The second-order valence-corrected chi connectivity index (χ2v) is 20.8. The molecule has 6 aromatic rings. The molecule has 484 valence electrons. The summed E-state index contributed by atoms with van der Waals surface area (Å²) < 4.78 is 50.7. The zero-order valence-electron chi connectivity index (χ0n) is 50.1. The fourth-order valence-corrected chi connectivity index (χ4v) is 9.05. The smallest absolute Gasteiger partial charge is 0.318 e. The van der Waals surface area contributed by atoms with Gasteiger partial charge in [0.15, 0.2) is 11.2 Å². The van der Waals surface area contributed by atoms with Gasteiger partial charge in [-0.25, -0.2) is 14.8 Å². The summed E-state index contributed by atoms with van der Waals surface area (Å²) in [6.45, 7) is 6.02. The molecule has 0 bridgehead atoms.